The molecule has 1 fully saturated rings. The third-order valence-corrected chi connectivity index (χ3v) is 3.80. The van der Waals surface area contributed by atoms with Gasteiger partial charge in [0, 0.05) is 25.0 Å². The van der Waals surface area contributed by atoms with Gasteiger partial charge in [0.2, 0.25) is 5.91 Å². The summed E-state index contributed by atoms with van der Waals surface area (Å²) in [4.78, 5) is 11.5. The van der Waals surface area contributed by atoms with Crippen LogP contribution in [-0.2, 0) is 4.79 Å². The molecule has 1 aliphatic carbocycles. The molecule has 3 heteroatoms. The molecule has 94 valence electrons. The van der Waals surface area contributed by atoms with Gasteiger partial charge in [-0.1, -0.05) is 13.8 Å². The maximum atomic E-state index is 11.5. The highest BCUT2D eigenvalue weighted by molar-refractivity contribution is 5.78. The van der Waals surface area contributed by atoms with Crippen LogP contribution in [0, 0.1) is 5.92 Å². The molecule has 0 aromatic carbocycles. The summed E-state index contributed by atoms with van der Waals surface area (Å²) < 4.78 is 0. The molecule has 0 bridgehead atoms. The van der Waals surface area contributed by atoms with Crippen LogP contribution in [0.2, 0.25) is 0 Å². The molecule has 0 atom stereocenters. The lowest BCUT2D eigenvalue weighted by Gasteiger charge is -2.31. The summed E-state index contributed by atoms with van der Waals surface area (Å²) in [6.45, 7) is 4.47. The number of rotatable bonds is 5. The molecule has 1 aliphatic rings. The van der Waals surface area contributed by atoms with E-state index in [9.17, 15) is 4.79 Å². The zero-order valence-corrected chi connectivity index (χ0v) is 10.9. The second-order valence-corrected chi connectivity index (χ2v) is 4.84. The number of amides is 1. The van der Waals surface area contributed by atoms with Crippen LogP contribution in [-0.4, -0.2) is 25.0 Å². The first kappa shape index (κ1) is 13.5. The van der Waals surface area contributed by atoms with Gasteiger partial charge in [0.15, 0.2) is 0 Å². The number of hydrogen-bond donors (Lipinski definition) is 2. The predicted molar refractivity (Wildman–Crippen MR) is 67.3 cm³/mol. The lowest BCUT2D eigenvalue weighted by Crippen LogP contribution is -2.42. The van der Waals surface area contributed by atoms with Crippen molar-refractivity contribution in [3.05, 3.63) is 0 Å². The van der Waals surface area contributed by atoms with Gasteiger partial charge in [-0.25, -0.2) is 0 Å². The van der Waals surface area contributed by atoms with E-state index < -0.39 is 0 Å². The van der Waals surface area contributed by atoms with E-state index in [2.05, 4.69) is 24.5 Å². The van der Waals surface area contributed by atoms with Gasteiger partial charge >= 0.3 is 0 Å². The highest BCUT2D eigenvalue weighted by Gasteiger charge is 2.26. The Labute approximate surface area is 99.4 Å². The molecule has 0 aromatic heterocycles. The fourth-order valence-electron chi connectivity index (χ4n) is 2.58. The van der Waals surface area contributed by atoms with Crippen molar-refractivity contribution in [2.45, 2.75) is 64.5 Å². The van der Waals surface area contributed by atoms with Crippen molar-refractivity contribution in [3.63, 3.8) is 0 Å². The predicted octanol–water partition coefficient (Wildman–Crippen LogP) is 2.07. The van der Waals surface area contributed by atoms with Crippen molar-refractivity contribution in [1.29, 1.82) is 0 Å². The molecule has 0 aromatic rings. The van der Waals surface area contributed by atoms with E-state index in [0.29, 0.717) is 12.1 Å². The van der Waals surface area contributed by atoms with E-state index in [0.717, 1.165) is 25.7 Å². The Bertz CT molecular complexity index is 206. The highest BCUT2D eigenvalue weighted by atomic mass is 16.1. The average Bonchev–Trinajstić information content (AvgIpc) is 2.35. The normalized spacial score (nSPS) is 25.8. The van der Waals surface area contributed by atoms with Crippen LogP contribution in [0.5, 0.6) is 0 Å². The Balaban J connectivity index is 2.29. The Kier molecular flexibility index (Phi) is 5.81. The average molecular weight is 226 g/mol. The Hall–Kier alpha value is -0.570. The third kappa shape index (κ3) is 3.78. The second-order valence-electron chi connectivity index (χ2n) is 4.84. The molecule has 0 aliphatic heterocycles. The second kappa shape index (κ2) is 6.89. The summed E-state index contributed by atoms with van der Waals surface area (Å²) in [5.41, 5.74) is 0. The molecule has 1 saturated carbocycles. The lowest BCUT2D eigenvalue weighted by atomic mass is 9.85. The van der Waals surface area contributed by atoms with Crippen LogP contribution in [0.1, 0.15) is 52.4 Å². The molecular formula is C13H26N2O. The topological polar surface area (TPSA) is 41.1 Å². The van der Waals surface area contributed by atoms with Crippen LogP contribution < -0.4 is 10.6 Å². The van der Waals surface area contributed by atoms with E-state index in [1.807, 2.05) is 0 Å². The molecule has 3 nitrogen and oxygen atoms in total. The van der Waals surface area contributed by atoms with Crippen molar-refractivity contribution in [2.75, 3.05) is 7.05 Å². The van der Waals surface area contributed by atoms with Gasteiger partial charge in [-0.3, -0.25) is 4.79 Å². The van der Waals surface area contributed by atoms with Crippen LogP contribution in [0.25, 0.3) is 0 Å². The van der Waals surface area contributed by atoms with Crippen LogP contribution in [0.4, 0.5) is 0 Å². The van der Waals surface area contributed by atoms with Crippen molar-refractivity contribution < 1.29 is 4.79 Å². The fraction of sp³-hybridized carbons (Fsp3) is 0.923. The minimum absolute atomic E-state index is 0.223. The Morgan fingerprint density at radius 3 is 2.19 bits per heavy atom. The smallest absolute Gasteiger partial charge is 0.222 e. The quantitative estimate of drug-likeness (QED) is 0.753. The van der Waals surface area contributed by atoms with E-state index >= 15 is 0 Å². The monoisotopic (exact) mass is 226 g/mol. The molecule has 0 spiro atoms. The Morgan fingerprint density at radius 2 is 1.75 bits per heavy atom. The first-order valence-electron chi connectivity index (χ1n) is 6.68. The van der Waals surface area contributed by atoms with E-state index in [-0.39, 0.29) is 11.8 Å². The van der Waals surface area contributed by atoms with E-state index in [1.165, 1.54) is 12.8 Å². The van der Waals surface area contributed by atoms with Crippen LogP contribution >= 0.6 is 0 Å². The largest absolute Gasteiger partial charge is 0.359 e. The first-order chi connectivity index (χ1) is 7.71. The van der Waals surface area contributed by atoms with Crippen molar-refractivity contribution >= 4 is 5.91 Å². The SMILES string of the molecule is CCC(CC)NC1CCC(C(=O)NC)CC1. The van der Waals surface area contributed by atoms with Crippen LogP contribution in [0.3, 0.4) is 0 Å². The molecule has 1 amide bonds. The van der Waals surface area contributed by atoms with Gasteiger partial charge in [0.25, 0.3) is 0 Å². The summed E-state index contributed by atoms with van der Waals surface area (Å²) in [6.07, 6.45) is 6.77. The fourth-order valence-corrected chi connectivity index (χ4v) is 2.58. The van der Waals surface area contributed by atoms with Gasteiger partial charge in [-0.2, -0.15) is 0 Å². The summed E-state index contributed by atoms with van der Waals surface area (Å²) in [7, 11) is 1.73. The highest BCUT2D eigenvalue weighted by Crippen LogP contribution is 2.25. The zero-order chi connectivity index (χ0) is 12.0. The maximum Gasteiger partial charge on any atom is 0.222 e. The van der Waals surface area contributed by atoms with Crippen molar-refractivity contribution in [2.24, 2.45) is 5.92 Å². The molecule has 16 heavy (non-hydrogen) atoms. The number of carbonyl (C=O) groups is 1. The lowest BCUT2D eigenvalue weighted by molar-refractivity contribution is -0.125. The molecule has 0 heterocycles. The zero-order valence-electron chi connectivity index (χ0n) is 10.9. The number of hydrogen-bond acceptors (Lipinski definition) is 2. The van der Waals surface area contributed by atoms with Gasteiger partial charge in [-0.15, -0.1) is 0 Å². The molecule has 0 saturated heterocycles. The van der Waals surface area contributed by atoms with Gasteiger partial charge in [0.05, 0.1) is 0 Å². The first-order valence-corrected chi connectivity index (χ1v) is 6.68. The van der Waals surface area contributed by atoms with Crippen molar-refractivity contribution in [3.8, 4) is 0 Å². The standard InChI is InChI=1S/C13H26N2O/c1-4-11(5-2)15-12-8-6-10(7-9-12)13(16)14-3/h10-12,15H,4-9H2,1-3H3,(H,14,16). The van der Waals surface area contributed by atoms with Crippen molar-refractivity contribution in [1.82, 2.24) is 10.6 Å². The van der Waals surface area contributed by atoms with Gasteiger partial charge < -0.3 is 10.6 Å². The molecule has 1 rings (SSSR count). The Morgan fingerprint density at radius 1 is 1.19 bits per heavy atom. The molecular weight excluding hydrogens is 200 g/mol. The minimum atomic E-state index is 0.223. The summed E-state index contributed by atoms with van der Waals surface area (Å²) in [5, 5.41) is 6.45. The van der Waals surface area contributed by atoms with Crippen LogP contribution in [0.15, 0.2) is 0 Å². The summed E-state index contributed by atoms with van der Waals surface area (Å²) >= 11 is 0. The summed E-state index contributed by atoms with van der Waals surface area (Å²) in [5.74, 6) is 0.478. The number of nitrogens with one attached hydrogen (secondary N) is 2. The van der Waals surface area contributed by atoms with E-state index in [4.69, 9.17) is 0 Å². The van der Waals surface area contributed by atoms with Gasteiger partial charge in [-0.05, 0) is 38.5 Å². The third-order valence-electron chi connectivity index (χ3n) is 3.80. The summed E-state index contributed by atoms with van der Waals surface area (Å²) in [6, 6.07) is 1.28. The maximum absolute atomic E-state index is 11.5. The molecule has 2 N–H and O–H groups in total. The molecule has 0 unspecified atom stereocenters. The number of carbonyl (C=O) groups excluding carboxylic acids is 1. The minimum Gasteiger partial charge on any atom is -0.359 e. The molecule has 0 radical (unpaired) electrons. The van der Waals surface area contributed by atoms with Gasteiger partial charge in [0.1, 0.15) is 0 Å². The van der Waals surface area contributed by atoms with E-state index in [1.54, 1.807) is 7.05 Å².